The molecule has 0 aromatic heterocycles. The molecule has 6 heteroatoms. The van der Waals surface area contributed by atoms with Crippen LogP contribution in [0.4, 0.5) is 14.9 Å². The number of amides is 2. The standard InChI is InChI=1S/C15H19FN2O3/c1-15(6-2-3-7-15)9-17-14(21)18-12-5-4-10(13(19)20)8-11(12)16/h4-5,8H,2-3,6-7,9H2,1H3,(H,19,20)(H2,17,18,21). The van der Waals surface area contributed by atoms with E-state index in [9.17, 15) is 14.0 Å². The molecule has 3 N–H and O–H groups in total. The molecule has 0 spiro atoms. The van der Waals surface area contributed by atoms with Gasteiger partial charge in [-0.05, 0) is 36.5 Å². The second-order valence-corrected chi connectivity index (χ2v) is 5.83. The van der Waals surface area contributed by atoms with Crippen molar-refractivity contribution < 1.29 is 19.1 Å². The topological polar surface area (TPSA) is 78.4 Å². The Bertz CT molecular complexity index is 554. The third-order valence-corrected chi connectivity index (χ3v) is 3.95. The highest BCUT2D eigenvalue weighted by Crippen LogP contribution is 2.36. The molecule has 5 nitrogen and oxygen atoms in total. The quantitative estimate of drug-likeness (QED) is 0.797. The monoisotopic (exact) mass is 294 g/mol. The Labute approximate surface area is 122 Å². The van der Waals surface area contributed by atoms with E-state index >= 15 is 0 Å². The molecule has 0 bridgehead atoms. The number of rotatable bonds is 4. The Kier molecular flexibility index (Phi) is 4.45. The summed E-state index contributed by atoms with van der Waals surface area (Å²) in [6.07, 6.45) is 4.50. The molecule has 1 aromatic carbocycles. The molecule has 0 saturated heterocycles. The van der Waals surface area contributed by atoms with Crippen LogP contribution in [0.25, 0.3) is 0 Å². The van der Waals surface area contributed by atoms with Gasteiger partial charge >= 0.3 is 12.0 Å². The van der Waals surface area contributed by atoms with Crippen molar-refractivity contribution in [3.8, 4) is 0 Å². The van der Waals surface area contributed by atoms with E-state index in [-0.39, 0.29) is 16.7 Å². The summed E-state index contributed by atoms with van der Waals surface area (Å²) in [5, 5.41) is 13.9. The van der Waals surface area contributed by atoms with Crippen molar-refractivity contribution in [3.63, 3.8) is 0 Å². The fourth-order valence-corrected chi connectivity index (χ4v) is 2.62. The Morgan fingerprint density at radius 1 is 1.33 bits per heavy atom. The zero-order valence-electron chi connectivity index (χ0n) is 11.9. The predicted octanol–water partition coefficient (Wildman–Crippen LogP) is 3.23. The summed E-state index contributed by atoms with van der Waals surface area (Å²) in [5.74, 6) is -1.98. The molecule has 1 aliphatic rings. The maximum absolute atomic E-state index is 13.7. The van der Waals surface area contributed by atoms with Gasteiger partial charge < -0.3 is 15.7 Å². The number of carbonyl (C=O) groups is 2. The summed E-state index contributed by atoms with van der Waals surface area (Å²) in [6, 6.07) is 2.90. The van der Waals surface area contributed by atoms with Crippen LogP contribution in [0, 0.1) is 11.2 Å². The van der Waals surface area contributed by atoms with Crippen LogP contribution in [0.2, 0.25) is 0 Å². The summed E-state index contributed by atoms with van der Waals surface area (Å²) >= 11 is 0. The van der Waals surface area contributed by atoms with Crippen molar-refractivity contribution in [1.29, 1.82) is 0 Å². The summed E-state index contributed by atoms with van der Waals surface area (Å²) in [7, 11) is 0. The van der Waals surface area contributed by atoms with Gasteiger partial charge in [-0.25, -0.2) is 14.0 Å². The van der Waals surface area contributed by atoms with E-state index in [1.165, 1.54) is 25.0 Å². The first kappa shape index (κ1) is 15.3. The van der Waals surface area contributed by atoms with Crippen LogP contribution in [0.5, 0.6) is 0 Å². The van der Waals surface area contributed by atoms with Gasteiger partial charge in [0.2, 0.25) is 0 Å². The fraction of sp³-hybridized carbons (Fsp3) is 0.467. The lowest BCUT2D eigenvalue weighted by atomic mass is 9.89. The number of carboxylic acid groups (broad SMARTS) is 1. The van der Waals surface area contributed by atoms with Gasteiger partial charge in [0.1, 0.15) is 5.82 Å². The van der Waals surface area contributed by atoms with Crippen LogP contribution in [-0.4, -0.2) is 23.7 Å². The normalized spacial score (nSPS) is 16.5. The van der Waals surface area contributed by atoms with Crippen LogP contribution in [0.1, 0.15) is 43.0 Å². The van der Waals surface area contributed by atoms with Crippen molar-refractivity contribution in [1.82, 2.24) is 5.32 Å². The molecule has 2 rings (SSSR count). The molecule has 0 radical (unpaired) electrons. The van der Waals surface area contributed by atoms with Gasteiger partial charge in [-0.3, -0.25) is 0 Å². The molecule has 1 aromatic rings. The van der Waals surface area contributed by atoms with E-state index < -0.39 is 17.8 Å². The Morgan fingerprint density at radius 2 is 2.00 bits per heavy atom. The number of hydrogen-bond acceptors (Lipinski definition) is 2. The second-order valence-electron chi connectivity index (χ2n) is 5.83. The predicted molar refractivity (Wildman–Crippen MR) is 77.0 cm³/mol. The van der Waals surface area contributed by atoms with Crippen molar-refractivity contribution in [3.05, 3.63) is 29.6 Å². The first-order valence-electron chi connectivity index (χ1n) is 6.97. The lowest BCUT2D eigenvalue weighted by Gasteiger charge is -2.23. The van der Waals surface area contributed by atoms with E-state index in [0.717, 1.165) is 18.9 Å². The van der Waals surface area contributed by atoms with Crippen LogP contribution >= 0.6 is 0 Å². The fourth-order valence-electron chi connectivity index (χ4n) is 2.62. The number of urea groups is 1. The molecule has 114 valence electrons. The van der Waals surface area contributed by atoms with Gasteiger partial charge in [-0.1, -0.05) is 19.8 Å². The lowest BCUT2D eigenvalue weighted by molar-refractivity contribution is 0.0696. The minimum atomic E-state index is -1.21. The zero-order valence-corrected chi connectivity index (χ0v) is 11.9. The molecule has 0 unspecified atom stereocenters. The minimum Gasteiger partial charge on any atom is -0.478 e. The minimum absolute atomic E-state index is 0.0333. The molecular formula is C15H19FN2O3. The van der Waals surface area contributed by atoms with Crippen molar-refractivity contribution >= 4 is 17.7 Å². The van der Waals surface area contributed by atoms with Crippen molar-refractivity contribution in [2.45, 2.75) is 32.6 Å². The largest absolute Gasteiger partial charge is 0.478 e. The number of carboxylic acids is 1. The van der Waals surface area contributed by atoms with Crippen LogP contribution in [0.15, 0.2) is 18.2 Å². The number of anilines is 1. The molecule has 0 atom stereocenters. The first-order chi connectivity index (χ1) is 9.89. The van der Waals surface area contributed by atoms with Gasteiger partial charge in [0.15, 0.2) is 0 Å². The van der Waals surface area contributed by atoms with Crippen molar-refractivity contribution in [2.24, 2.45) is 5.41 Å². The Hall–Kier alpha value is -2.11. The van der Waals surface area contributed by atoms with E-state index in [1.807, 2.05) is 0 Å². The molecule has 0 aliphatic heterocycles. The van der Waals surface area contributed by atoms with Gasteiger partial charge in [0.05, 0.1) is 11.3 Å². The van der Waals surface area contributed by atoms with Gasteiger partial charge in [-0.2, -0.15) is 0 Å². The molecule has 2 amide bonds. The Morgan fingerprint density at radius 3 is 2.57 bits per heavy atom. The van der Waals surface area contributed by atoms with Gasteiger partial charge in [-0.15, -0.1) is 0 Å². The zero-order chi connectivity index (χ0) is 15.5. The van der Waals surface area contributed by atoms with Crippen molar-refractivity contribution in [2.75, 3.05) is 11.9 Å². The highest BCUT2D eigenvalue weighted by atomic mass is 19.1. The lowest BCUT2D eigenvalue weighted by Crippen LogP contribution is -2.37. The second kappa shape index (κ2) is 6.11. The molecule has 1 saturated carbocycles. The molecule has 1 aliphatic carbocycles. The smallest absolute Gasteiger partial charge is 0.335 e. The number of halogens is 1. The highest BCUT2D eigenvalue weighted by Gasteiger charge is 2.28. The SMILES string of the molecule is CC1(CNC(=O)Nc2ccc(C(=O)O)cc2F)CCCC1. The number of aromatic carboxylic acids is 1. The maximum atomic E-state index is 13.7. The third kappa shape index (κ3) is 3.93. The van der Waals surface area contributed by atoms with Gasteiger partial charge in [0.25, 0.3) is 0 Å². The van der Waals surface area contributed by atoms with E-state index in [2.05, 4.69) is 17.6 Å². The molecule has 1 fully saturated rings. The maximum Gasteiger partial charge on any atom is 0.335 e. The highest BCUT2D eigenvalue weighted by molar-refractivity contribution is 5.91. The summed E-state index contributed by atoms with van der Waals surface area (Å²) in [4.78, 5) is 22.5. The van der Waals surface area contributed by atoms with E-state index in [4.69, 9.17) is 5.11 Å². The summed E-state index contributed by atoms with van der Waals surface area (Å²) in [5.41, 5.74) is -0.0748. The average Bonchev–Trinajstić information content (AvgIpc) is 2.86. The summed E-state index contributed by atoms with van der Waals surface area (Å²) in [6.45, 7) is 2.68. The molecular weight excluding hydrogens is 275 g/mol. The number of benzene rings is 1. The number of hydrogen-bond donors (Lipinski definition) is 3. The summed E-state index contributed by atoms with van der Waals surface area (Å²) < 4.78 is 13.7. The van der Waals surface area contributed by atoms with Crippen LogP contribution in [-0.2, 0) is 0 Å². The van der Waals surface area contributed by atoms with E-state index in [1.54, 1.807) is 0 Å². The van der Waals surface area contributed by atoms with Gasteiger partial charge in [0, 0.05) is 6.54 Å². The molecule has 21 heavy (non-hydrogen) atoms. The molecule has 0 heterocycles. The van der Waals surface area contributed by atoms with Crippen LogP contribution in [0.3, 0.4) is 0 Å². The third-order valence-electron chi connectivity index (χ3n) is 3.95. The van der Waals surface area contributed by atoms with Crippen LogP contribution < -0.4 is 10.6 Å². The number of carbonyl (C=O) groups excluding carboxylic acids is 1. The Balaban J connectivity index is 1.92. The average molecular weight is 294 g/mol. The first-order valence-corrected chi connectivity index (χ1v) is 6.97. The number of nitrogens with one attached hydrogen (secondary N) is 2. The van der Waals surface area contributed by atoms with E-state index in [0.29, 0.717) is 6.54 Å².